The molecule has 2 saturated heterocycles. The first-order chi connectivity index (χ1) is 41.2. The number of hydrogen-bond donors (Lipinski definition) is 8. The molecule has 4 aromatic heterocycles. The van der Waals surface area contributed by atoms with E-state index >= 15 is 0 Å². The number of nitrogens with one attached hydrogen (secondary N) is 2. The highest BCUT2D eigenvalue weighted by Gasteiger charge is 2.61. The zero-order valence-corrected chi connectivity index (χ0v) is 50.1. The van der Waals surface area contributed by atoms with Crippen molar-refractivity contribution < 1.29 is 84.5 Å². The van der Waals surface area contributed by atoms with E-state index in [4.69, 9.17) is 50.7 Å². The number of carbonyl (C=O) groups excluding carboxylic acids is 4. The first-order valence-electron chi connectivity index (χ1n) is 26.5. The molecule has 2 fully saturated rings. The van der Waals surface area contributed by atoms with Crippen molar-refractivity contribution in [2.45, 2.75) is 89.0 Å². The molecule has 12 N–H and O–H groups in total. The summed E-state index contributed by atoms with van der Waals surface area (Å²) in [5, 5.41) is 35.8. The highest BCUT2D eigenvalue weighted by molar-refractivity contribution is 7.81. The molecular weight excluding hydrogens is 1200 g/mol. The molecule has 2 aliphatic rings. The number of ether oxygens (including phenoxy) is 2. The number of amides is 4. The molecule has 4 atom stereocenters. The zero-order chi connectivity index (χ0) is 63.1. The molecule has 6 heterocycles. The Balaban J connectivity index is 0.861. The number of hydroxylamine groups is 4. The Labute approximate surface area is 504 Å². The van der Waals surface area contributed by atoms with Gasteiger partial charge in [0.05, 0.1) is 47.7 Å². The highest BCUT2D eigenvalue weighted by Crippen LogP contribution is 2.37. The number of carbonyl (C=O) groups is 6. The number of aromatic nitrogens is 6. The molecule has 0 bridgehead atoms. The van der Waals surface area contributed by atoms with Crippen LogP contribution in [0.15, 0.2) is 94.4 Å². The lowest BCUT2D eigenvalue weighted by molar-refractivity contribution is -0.753. The molecule has 2 aromatic carbocycles. The van der Waals surface area contributed by atoms with Crippen molar-refractivity contribution in [1.82, 2.24) is 40.1 Å². The summed E-state index contributed by atoms with van der Waals surface area (Å²) in [7, 11) is -1.55. The molecule has 35 heteroatoms. The van der Waals surface area contributed by atoms with Crippen molar-refractivity contribution >= 4 is 90.3 Å². The second-order valence-corrected chi connectivity index (χ2v) is 23.6. The van der Waals surface area contributed by atoms with E-state index in [-0.39, 0.29) is 21.7 Å². The van der Waals surface area contributed by atoms with Crippen molar-refractivity contribution in [2.75, 3.05) is 37.8 Å². The van der Waals surface area contributed by atoms with Crippen LogP contribution in [0.25, 0.3) is 22.3 Å². The van der Waals surface area contributed by atoms with E-state index in [1.54, 1.807) is 48.5 Å². The predicted octanol–water partition coefficient (Wildman–Crippen LogP) is -0.427. The van der Waals surface area contributed by atoms with E-state index in [2.05, 4.69) is 30.9 Å². The number of thiazole rings is 2. The first kappa shape index (κ1) is 63.9. The van der Waals surface area contributed by atoms with Gasteiger partial charge in [0.15, 0.2) is 35.8 Å². The average molecular weight is 1270 g/mol. The first-order valence-corrected chi connectivity index (χ1v) is 29.6. The molecule has 6 aromatic rings. The molecule has 0 spiro atoms. The summed E-state index contributed by atoms with van der Waals surface area (Å²) < 4.78 is 56.2. The Bertz CT molecular complexity index is 3480. The summed E-state index contributed by atoms with van der Waals surface area (Å²) in [6, 6.07) is 10.6. The summed E-state index contributed by atoms with van der Waals surface area (Å²) in [6.45, 7) is 6.65. The largest absolute Gasteiger partial charge is 0.489 e. The lowest BCUT2D eigenvalue weighted by Crippen LogP contribution is -2.78. The van der Waals surface area contributed by atoms with Gasteiger partial charge in [0.25, 0.3) is 35.8 Å². The zero-order valence-electron chi connectivity index (χ0n) is 47.7. The van der Waals surface area contributed by atoms with E-state index < -0.39 is 106 Å². The number of carboxylic acid groups (broad SMARTS) is 2. The van der Waals surface area contributed by atoms with Crippen molar-refractivity contribution in [1.29, 1.82) is 0 Å². The summed E-state index contributed by atoms with van der Waals surface area (Å²) >= 11 is 1.81. The molecule has 0 radical (unpaired) electrons. The SMILES string of the molecule is C[n+]1cc(-c2ccc(OC[C@H](O/N=C(/C(=O)N[C@@H]3C(=O)N(OS(=O)(=O)ON4C(=O)[C@@H](NC(=O)/C(=N/O[C@@H](COc5ccc(-c6cn(CCCN)[n+](C)c6)cc5)C(=O)O)c5csc(N)n5)C4(C)C)C3(C)C)c3csc(N)n3)C(=O)O)cc2)cn1CCCN. The third kappa shape index (κ3) is 14.8. The van der Waals surface area contributed by atoms with Crippen LogP contribution >= 0.6 is 22.7 Å². The standard InChI is InChI=1S/C52H62N16O16S3/c1-51(2)41(59-43(69)39(35-27-85-49(55)57-35)61-81-37(47(73)74)25-79-33-13-9-29(10-14-33)31-21-63(5)65(23-31)19-7-17-53)45(71)67(51)83-87(77,78)84-68-46(72)42(52(68,3)4)60-44(70)40(36-28-86-50(56)58-36)62-82-38(48(75)76)26-80-34-15-11-30(12-16-34)32-22-64(6)66(24-32)20-8-18-54/h9-16,21-24,27-28,37-38,41-42H,7-8,17-20,25-26,53-54H2,1-6H3,(H6-2,55,56,57,58,59,60,69,70,73,74,75,76)/p+2/b61-39+,62-40+/t37-,38-,41+,42+/m0/s1. The Morgan fingerprint density at radius 1 is 0.655 bits per heavy atom. The van der Waals surface area contributed by atoms with Crippen LogP contribution in [0.1, 0.15) is 51.9 Å². The Hall–Kier alpha value is -9.13. The second kappa shape index (κ2) is 26.6. The van der Waals surface area contributed by atoms with Gasteiger partial charge in [0.2, 0.25) is 12.4 Å². The van der Waals surface area contributed by atoms with E-state index in [9.17, 15) is 47.4 Å². The number of aryl methyl sites for hydroxylation is 4. The maximum atomic E-state index is 13.9. The molecule has 4 amide bonds. The Kier molecular flexibility index (Phi) is 19.6. The van der Waals surface area contributed by atoms with Crippen LogP contribution in [0.4, 0.5) is 10.3 Å². The van der Waals surface area contributed by atoms with Crippen LogP contribution in [0, 0.1) is 0 Å². The molecule has 464 valence electrons. The number of oxime groups is 2. The molecule has 0 saturated carbocycles. The van der Waals surface area contributed by atoms with Gasteiger partial charge in [0.1, 0.15) is 48.2 Å². The number of anilines is 2. The number of hydrogen-bond acceptors (Lipinski definition) is 24. The monoisotopic (exact) mass is 1260 g/mol. The predicted molar refractivity (Wildman–Crippen MR) is 308 cm³/mol. The fourth-order valence-corrected chi connectivity index (χ4v) is 10.8. The number of rotatable bonds is 30. The van der Waals surface area contributed by atoms with Gasteiger partial charge in [0, 0.05) is 10.8 Å². The van der Waals surface area contributed by atoms with E-state index in [1.807, 2.05) is 57.6 Å². The lowest BCUT2D eigenvalue weighted by Gasteiger charge is -2.52. The molecule has 0 aliphatic carbocycles. The van der Waals surface area contributed by atoms with Gasteiger partial charge < -0.3 is 62.9 Å². The number of carboxylic acids is 2. The number of β-lactam (4-membered cyclic amide) rings is 2. The highest BCUT2D eigenvalue weighted by atomic mass is 32.3. The quantitative estimate of drug-likeness (QED) is 0.0123. The number of nitrogens with two attached hydrogens (primary N) is 4. The van der Waals surface area contributed by atoms with Gasteiger partial charge in [-0.15, -0.1) is 40.6 Å². The average Bonchev–Trinajstić information content (AvgIpc) is 1.93. The van der Waals surface area contributed by atoms with Crippen LogP contribution in [-0.4, -0.2) is 157 Å². The summed E-state index contributed by atoms with van der Waals surface area (Å²) in [5.41, 5.74) is 21.7. The molecule has 32 nitrogen and oxygen atoms in total. The maximum absolute atomic E-state index is 13.9. The van der Waals surface area contributed by atoms with Crippen molar-refractivity contribution in [3.05, 3.63) is 95.5 Å². The third-order valence-corrected chi connectivity index (χ3v) is 15.7. The van der Waals surface area contributed by atoms with E-state index in [1.165, 1.54) is 38.5 Å². The van der Waals surface area contributed by atoms with Crippen LogP contribution < -0.4 is 52.4 Å². The summed E-state index contributed by atoms with van der Waals surface area (Å²) in [5.74, 6) is -6.94. The van der Waals surface area contributed by atoms with E-state index in [0.29, 0.717) is 34.7 Å². The maximum Gasteiger partial charge on any atom is 0.442 e. The Morgan fingerprint density at radius 3 is 1.33 bits per heavy atom. The van der Waals surface area contributed by atoms with Gasteiger partial charge in [-0.1, -0.05) is 34.6 Å². The van der Waals surface area contributed by atoms with Crippen LogP contribution in [0.2, 0.25) is 0 Å². The third-order valence-electron chi connectivity index (χ3n) is 13.7. The molecular formula is C52H64N16O16S3+2. The number of benzene rings is 2. The van der Waals surface area contributed by atoms with Crippen molar-refractivity contribution in [3.63, 3.8) is 0 Å². The normalized spacial score (nSPS) is 17.2. The molecule has 0 unspecified atom stereocenters. The molecule has 87 heavy (non-hydrogen) atoms. The van der Waals surface area contributed by atoms with Crippen LogP contribution in [0.3, 0.4) is 0 Å². The van der Waals surface area contributed by atoms with Crippen molar-refractivity contribution in [2.24, 2.45) is 35.9 Å². The number of nitrogen functional groups attached to an aromatic ring is 2. The fraction of sp³-hybridized carbons (Fsp3) is 0.385. The second-order valence-electron chi connectivity index (χ2n) is 20.7. The minimum absolute atomic E-state index is 0.0103. The smallest absolute Gasteiger partial charge is 0.442 e. The summed E-state index contributed by atoms with van der Waals surface area (Å²) in [6.07, 6.45) is 5.88. The number of aliphatic carboxylic acids is 2. The van der Waals surface area contributed by atoms with Crippen molar-refractivity contribution in [3.8, 4) is 33.8 Å². The topological polar surface area (TPSA) is 435 Å². The Morgan fingerprint density at radius 2 is 1.02 bits per heavy atom. The van der Waals surface area contributed by atoms with Gasteiger partial charge in [-0.05, 0) is 89.0 Å². The van der Waals surface area contributed by atoms with Crippen LogP contribution in [-0.2, 0) is 84.6 Å². The van der Waals surface area contributed by atoms with Gasteiger partial charge in [-0.2, -0.15) is 27.9 Å². The minimum Gasteiger partial charge on any atom is -0.489 e. The van der Waals surface area contributed by atoms with Gasteiger partial charge in [-0.3, -0.25) is 19.2 Å². The summed E-state index contributed by atoms with van der Waals surface area (Å²) in [4.78, 5) is 98.3. The van der Waals surface area contributed by atoms with Gasteiger partial charge in [-0.25, -0.2) is 19.6 Å². The molecule has 8 rings (SSSR count). The van der Waals surface area contributed by atoms with E-state index in [0.717, 1.165) is 70.9 Å². The van der Waals surface area contributed by atoms with Gasteiger partial charge >= 0.3 is 22.3 Å². The minimum atomic E-state index is -5.36. The lowest BCUT2D eigenvalue weighted by atomic mass is 9.84. The fourth-order valence-electron chi connectivity index (χ4n) is 8.78. The number of nitrogens with zero attached hydrogens (tertiary/aromatic N) is 10. The molecule has 2 aliphatic heterocycles. The van der Waals surface area contributed by atoms with Crippen LogP contribution in [0.5, 0.6) is 11.5 Å².